The summed E-state index contributed by atoms with van der Waals surface area (Å²) in [7, 11) is 0. The molecule has 3 rings (SSSR count). The first-order valence-corrected chi connectivity index (χ1v) is 8.86. The zero-order valence-electron chi connectivity index (χ0n) is 14.8. The highest BCUT2D eigenvalue weighted by atomic mass is 35.5. The fraction of sp³-hybridized carbons (Fsp3) is 0.500. The van der Waals surface area contributed by atoms with Crippen LogP contribution in [0.5, 0.6) is 0 Å². The van der Waals surface area contributed by atoms with Crippen LogP contribution < -0.4 is 5.32 Å². The van der Waals surface area contributed by atoms with Crippen molar-refractivity contribution in [1.82, 2.24) is 20.4 Å². The fourth-order valence-corrected chi connectivity index (χ4v) is 3.10. The Bertz CT molecular complexity index is 754. The molecule has 2 aromatic rings. The molecule has 1 aliphatic rings. The monoisotopic (exact) mass is 362 g/mol. The summed E-state index contributed by atoms with van der Waals surface area (Å²) in [5.74, 6) is 1.15. The maximum absolute atomic E-state index is 12.4. The van der Waals surface area contributed by atoms with Crippen molar-refractivity contribution < 1.29 is 9.32 Å². The number of carbonyl (C=O) groups is 1. The standard InChI is InChI=1S/C18H23ClN4O2/c1-18(2,3)21-17(24)23-9-5-7-13(11-23)16-20-15(22-25-16)12-6-4-8-14(19)10-12/h4,6,8,10,13H,5,7,9,11H2,1-3H3,(H,21,24). The van der Waals surface area contributed by atoms with Gasteiger partial charge in [0.1, 0.15) is 0 Å². The summed E-state index contributed by atoms with van der Waals surface area (Å²) in [4.78, 5) is 18.7. The Morgan fingerprint density at radius 3 is 2.92 bits per heavy atom. The van der Waals surface area contributed by atoms with E-state index in [2.05, 4.69) is 15.5 Å². The summed E-state index contributed by atoms with van der Waals surface area (Å²) < 4.78 is 5.46. The number of aromatic nitrogens is 2. The Kier molecular flexibility index (Phi) is 4.99. The highest BCUT2D eigenvalue weighted by molar-refractivity contribution is 6.30. The van der Waals surface area contributed by atoms with Crippen LogP contribution in [0.3, 0.4) is 0 Å². The molecule has 1 atom stereocenters. The first-order valence-electron chi connectivity index (χ1n) is 8.48. The first kappa shape index (κ1) is 17.7. The summed E-state index contributed by atoms with van der Waals surface area (Å²) in [6, 6.07) is 7.31. The minimum absolute atomic E-state index is 0.0493. The van der Waals surface area contributed by atoms with Gasteiger partial charge in [-0.2, -0.15) is 4.98 Å². The number of carbonyl (C=O) groups excluding carboxylic acids is 1. The molecule has 1 saturated heterocycles. The Hall–Kier alpha value is -2.08. The lowest BCUT2D eigenvalue weighted by Crippen LogP contribution is -2.51. The van der Waals surface area contributed by atoms with Gasteiger partial charge in [-0.3, -0.25) is 0 Å². The topological polar surface area (TPSA) is 71.3 Å². The number of nitrogens with zero attached hydrogens (tertiary/aromatic N) is 3. The Balaban J connectivity index is 1.71. The highest BCUT2D eigenvalue weighted by Crippen LogP contribution is 2.28. The van der Waals surface area contributed by atoms with Crippen LogP contribution in [-0.4, -0.2) is 39.7 Å². The van der Waals surface area contributed by atoms with Crippen LogP contribution >= 0.6 is 11.6 Å². The number of halogens is 1. The lowest BCUT2D eigenvalue weighted by atomic mass is 9.98. The third kappa shape index (κ3) is 4.51. The molecule has 0 aliphatic carbocycles. The Morgan fingerprint density at radius 2 is 2.20 bits per heavy atom. The van der Waals surface area contributed by atoms with Crippen molar-refractivity contribution in [2.45, 2.75) is 45.1 Å². The lowest BCUT2D eigenvalue weighted by Gasteiger charge is -2.33. The van der Waals surface area contributed by atoms with Crippen LogP contribution in [0.4, 0.5) is 4.79 Å². The molecule has 1 N–H and O–H groups in total. The number of hydrogen-bond acceptors (Lipinski definition) is 4. The van der Waals surface area contributed by atoms with E-state index in [1.54, 1.807) is 12.1 Å². The van der Waals surface area contributed by atoms with E-state index >= 15 is 0 Å². The molecular weight excluding hydrogens is 340 g/mol. The summed E-state index contributed by atoms with van der Waals surface area (Å²) in [5, 5.41) is 7.70. The minimum Gasteiger partial charge on any atom is -0.339 e. The largest absolute Gasteiger partial charge is 0.339 e. The quantitative estimate of drug-likeness (QED) is 0.873. The van der Waals surface area contributed by atoms with Crippen molar-refractivity contribution in [3.05, 3.63) is 35.2 Å². The smallest absolute Gasteiger partial charge is 0.317 e. The maximum atomic E-state index is 12.4. The molecule has 2 heterocycles. The molecule has 25 heavy (non-hydrogen) atoms. The van der Waals surface area contributed by atoms with Gasteiger partial charge in [0, 0.05) is 29.2 Å². The number of urea groups is 1. The van der Waals surface area contributed by atoms with Gasteiger partial charge in [0.05, 0.1) is 5.92 Å². The number of amides is 2. The van der Waals surface area contributed by atoms with E-state index < -0.39 is 0 Å². The van der Waals surface area contributed by atoms with Gasteiger partial charge in [-0.05, 0) is 45.7 Å². The van der Waals surface area contributed by atoms with Crippen molar-refractivity contribution in [3.8, 4) is 11.4 Å². The van der Waals surface area contributed by atoms with E-state index in [-0.39, 0.29) is 17.5 Å². The fourth-order valence-electron chi connectivity index (χ4n) is 2.91. The maximum Gasteiger partial charge on any atom is 0.317 e. The molecule has 0 radical (unpaired) electrons. The van der Waals surface area contributed by atoms with Crippen molar-refractivity contribution in [3.63, 3.8) is 0 Å². The Morgan fingerprint density at radius 1 is 1.40 bits per heavy atom. The molecule has 134 valence electrons. The third-order valence-corrected chi connectivity index (χ3v) is 4.30. The van der Waals surface area contributed by atoms with E-state index in [4.69, 9.17) is 16.1 Å². The lowest BCUT2D eigenvalue weighted by molar-refractivity contribution is 0.164. The molecule has 6 nitrogen and oxygen atoms in total. The van der Waals surface area contributed by atoms with E-state index in [9.17, 15) is 4.79 Å². The van der Waals surface area contributed by atoms with Gasteiger partial charge in [0.15, 0.2) is 0 Å². The molecule has 0 spiro atoms. The van der Waals surface area contributed by atoms with Crippen molar-refractivity contribution in [1.29, 1.82) is 0 Å². The van der Waals surface area contributed by atoms with Gasteiger partial charge in [0.25, 0.3) is 0 Å². The third-order valence-electron chi connectivity index (χ3n) is 4.06. The minimum atomic E-state index is -0.256. The number of hydrogen-bond donors (Lipinski definition) is 1. The second-order valence-corrected chi connectivity index (χ2v) is 7.87. The summed E-state index contributed by atoms with van der Waals surface area (Å²) in [6.07, 6.45) is 1.84. The van der Waals surface area contributed by atoms with Crippen LogP contribution in [0, 0.1) is 0 Å². The molecule has 2 amide bonds. The van der Waals surface area contributed by atoms with Crippen LogP contribution in [0.1, 0.15) is 45.4 Å². The first-order chi connectivity index (χ1) is 11.8. The number of benzene rings is 1. The molecule has 1 unspecified atom stereocenters. The molecule has 1 aromatic heterocycles. The highest BCUT2D eigenvalue weighted by Gasteiger charge is 2.30. The van der Waals surface area contributed by atoms with E-state index in [1.807, 2.05) is 37.8 Å². The molecule has 7 heteroatoms. The second kappa shape index (κ2) is 7.04. The van der Waals surface area contributed by atoms with Crippen LogP contribution in [-0.2, 0) is 0 Å². The molecule has 0 saturated carbocycles. The van der Waals surface area contributed by atoms with Gasteiger partial charge >= 0.3 is 6.03 Å². The summed E-state index contributed by atoms with van der Waals surface area (Å²) >= 11 is 6.02. The predicted molar refractivity (Wildman–Crippen MR) is 96.6 cm³/mol. The van der Waals surface area contributed by atoms with Crippen LogP contribution in [0.25, 0.3) is 11.4 Å². The van der Waals surface area contributed by atoms with Gasteiger partial charge in [-0.1, -0.05) is 28.9 Å². The number of likely N-dealkylation sites (tertiary alicyclic amines) is 1. The second-order valence-electron chi connectivity index (χ2n) is 7.43. The van der Waals surface area contributed by atoms with Crippen molar-refractivity contribution >= 4 is 17.6 Å². The van der Waals surface area contributed by atoms with Crippen LogP contribution in [0.2, 0.25) is 5.02 Å². The molecular formula is C18H23ClN4O2. The molecule has 1 aliphatic heterocycles. The molecule has 1 fully saturated rings. The SMILES string of the molecule is CC(C)(C)NC(=O)N1CCCC(c2nc(-c3cccc(Cl)c3)no2)C1. The van der Waals surface area contributed by atoms with Crippen LogP contribution in [0.15, 0.2) is 28.8 Å². The zero-order chi connectivity index (χ0) is 18.0. The molecule has 1 aromatic carbocycles. The van der Waals surface area contributed by atoms with E-state index in [0.717, 1.165) is 24.9 Å². The van der Waals surface area contributed by atoms with Gasteiger partial charge in [0.2, 0.25) is 11.7 Å². The van der Waals surface area contributed by atoms with Crippen molar-refractivity contribution in [2.75, 3.05) is 13.1 Å². The van der Waals surface area contributed by atoms with Crippen molar-refractivity contribution in [2.24, 2.45) is 0 Å². The summed E-state index contributed by atoms with van der Waals surface area (Å²) in [5.41, 5.74) is 0.564. The van der Waals surface area contributed by atoms with Gasteiger partial charge < -0.3 is 14.7 Å². The summed E-state index contributed by atoms with van der Waals surface area (Å²) in [6.45, 7) is 7.25. The number of piperidine rings is 1. The van der Waals surface area contributed by atoms with Gasteiger partial charge in [-0.25, -0.2) is 4.79 Å². The normalized spacial score (nSPS) is 18.2. The van der Waals surface area contributed by atoms with E-state index in [1.165, 1.54) is 0 Å². The Labute approximate surface area is 152 Å². The molecule has 0 bridgehead atoms. The predicted octanol–water partition coefficient (Wildman–Crippen LogP) is 4.08. The average Bonchev–Trinajstić information content (AvgIpc) is 3.03. The number of nitrogens with one attached hydrogen (secondary N) is 1. The van der Waals surface area contributed by atoms with E-state index in [0.29, 0.717) is 23.3 Å². The average molecular weight is 363 g/mol. The number of rotatable bonds is 2. The van der Waals surface area contributed by atoms with Gasteiger partial charge in [-0.15, -0.1) is 0 Å². The zero-order valence-corrected chi connectivity index (χ0v) is 15.5.